The highest BCUT2D eigenvalue weighted by molar-refractivity contribution is 5.19. The highest BCUT2D eigenvalue weighted by atomic mass is 19.3. The first-order valence-corrected chi connectivity index (χ1v) is 8.24. The van der Waals surface area contributed by atoms with Crippen molar-refractivity contribution in [3.63, 3.8) is 0 Å². The number of nitrogens with zero attached hydrogens (tertiary/aromatic N) is 3. The van der Waals surface area contributed by atoms with E-state index < -0.39 is 36.0 Å². The molecule has 2 aromatic rings. The molecule has 10 heteroatoms. The molecule has 146 valence electrons. The maximum absolute atomic E-state index is 13.4. The number of alkyl halides is 2. The number of hydrogen-bond donors (Lipinski definition) is 2. The van der Waals surface area contributed by atoms with Gasteiger partial charge in [-0.05, 0) is 6.07 Å². The molecule has 1 saturated heterocycles. The predicted molar refractivity (Wildman–Crippen MR) is 87.5 cm³/mol. The number of pyridine rings is 1. The van der Waals surface area contributed by atoms with Gasteiger partial charge in [-0.3, -0.25) is 0 Å². The van der Waals surface area contributed by atoms with Crippen LogP contribution in [0.15, 0.2) is 36.7 Å². The lowest BCUT2D eigenvalue weighted by atomic mass is 10.0. The number of aromatic nitrogens is 3. The summed E-state index contributed by atoms with van der Waals surface area (Å²) in [4.78, 5) is 3.73. The van der Waals surface area contributed by atoms with Crippen molar-refractivity contribution >= 4 is 0 Å². The molecule has 3 rings (SSSR count). The molecule has 0 unspecified atom stereocenters. The number of ether oxygens (including phenoxy) is 3. The minimum atomic E-state index is -3.12. The SMILES string of the molecule is CC(F)(F)c1cccc(O[C@H]2CO[C@H](COc3ccnnc3)[C@H](O)[C@@H]2O)n1. The third-order valence-electron chi connectivity index (χ3n) is 4.00. The molecule has 0 saturated carbocycles. The highest BCUT2D eigenvalue weighted by Crippen LogP contribution is 2.27. The Hall–Kier alpha value is -2.43. The fraction of sp³-hybridized carbons (Fsp3) is 0.471. The summed E-state index contributed by atoms with van der Waals surface area (Å²) in [6.45, 7) is 0.631. The standard InChI is InChI=1S/C17H19F2N3O5/c1-17(18,19)13-3-2-4-14(22-13)27-12-9-26-11(15(23)16(12)24)8-25-10-5-6-20-21-7-10/h2-7,11-12,15-16,23-24H,8-9H2,1H3/t11-,12+,15+,16-/m1/s1. The van der Waals surface area contributed by atoms with E-state index in [2.05, 4.69) is 15.2 Å². The molecule has 1 aliphatic rings. The van der Waals surface area contributed by atoms with Gasteiger partial charge < -0.3 is 24.4 Å². The van der Waals surface area contributed by atoms with E-state index in [9.17, 15) is 19.0 Å². The van der Waals surface area contributed by atoms with Crippen LogP contribution in [0.3, 0.4) is 0 Å². The van der Waals surface area contributed by atoms with Gasteiger partial charge in [0.15, 0.2) is 6.10 Å². The average molecular weight is 383 g/mol. The Bertz CT molecular complexity index is 747. The first-order valence-electron chi connectivity index (χ1n) is 8.24. The lowest BCUT2D eigenvalue weighted by molar-refractivity contribution is -0.187. The topological polar surface area (TPSA) is 107 Å². The van der Waals surface area contributed by atoms with Crippen molar-refractivity contribution in [2.45, 2.75) is 37.3 Å². The zero-order valence-electron chi connectivity index (χ0n) is 14.4. The quantitative estimate of drug-likeness (QED) is 0.759. The van der Waals surface area contributed by atoms with Crippen LogP contribution in [0.1, 0.15) is 12.6 Å². The molecule has 2 N–H and O–H groups in total. The molecule has 4 atom stereocenters. The van der Waals surface area contributed by atoms with Crippen LogP contribution in [0, 0.1) is 0 Å². The van der Waals surface area contributed by atoms with Crippen LogP contribution in [0.5, 0.6) is 11.6 Å². The van der Waals surface area contributed by atoms with Crippen LogP contribution in [0.25, 0.3) is 0 Å². The Balaban J connectivity index is 1.59. The van der Waals surface area contributed by atoms with Gasteiger partial charge in [-0.1, -0.05) is 6.07 Å². The van der Waals surface area contributed by atoms with Gasteiger partial charge in [-0.25, -0.2) is 4.98 Å². The second-order valence-electron chi connectivity index (χ2n) is 6.15. The number of halogens is 2. The Morgan fingerprint density at radius 2 is 2.04 bits per heavy atom. The summed E-state index contributed by atoms with van der Waals surface area (Å²) in [6, 6.07) is 5.53. The lowest BCUT2D eigenvalue weighted by Gasteiger charge is -2.37. The van der Waals surface area contributed by atoms with E-state index in [0.29, 0.717) is 5.75 Å². The average Bonchev–Trinajstić information content (AvgIpc) is 2.65. The summed E-state index contributed by atoms with van der Waals surface area (Å²) in [7, 11) is 0. The molecular weight excluding hydrogens is 364 g/mol. The Morgan fingerprint density at radius 1 is 1.22 bits per heavy atom. The van der Waals surface area contributed by atoms with Crippen molar-refractivity contribution in [3.05, 3.63) is 42.4 Å². The summed E-state index contributed by atoms with van der Waals surface area (Å²) in [5.74, 6) is -2.77. The maximum atomic E-state index is 13.4. The van der Waals surface area contributed by atoms with E-state index in [-0.39, 0.29) is 19.1 Å². The van der Waals surface area contributed by atoms with Crippen LogP contribution >= 0.6 is 0 Å². The van der Waals surface area contributed by atoms with Crippen LogP contribution in [0.4, 0.5) is 8.78 Å². The van der Waals surface area contributed by atoms with Gasteiger partial charge in [-0.15, -0.1) is 0 Å². The molecule has 0 aliphatic carbocycles. The Labute approximate surface area is 153 Å². The Morgan fingerprint density at radius 3 is 2.74 bits per heavy atom. The molecule has 8 nitrogen and oxygen atoms in total. The van der Waals surface area contributed by atoms with Gasteiger partial charge in [0.05, 0.1) is 19.0 Å². The zero-order chi connectivity index (χ0) is 19.4. The zero-order valence-corrected chi connectivity index (χ0v) is 14.4. The predicted octanol–water partition coefficient (Wildman–Crippen LogP) is 0.930. The minimum absolute atomic E-state index is 0.0214. The van der Waals surface area contributed by atoms with Crippen molar-refractivity contribution in [1.82, 2.24) is 15.2 Å². The summed E-state index contributed by atoms with van der Waals surface area (Å²) in [5.41, 5.74) is -0.455. The lowest BCUT2D eigenvalue weighted by Crippen LogP contribution is -2.56. The molecule has 2 aromatic heterocycles. The van der Waals surface area contributed by atoms with E-state index in [1.165, 1.54) is 30.6 Å². The first-order chi connectivity index (χ1) is 12.8. The fourth-order valence-electron chi connectivity index (χ4n) is 2.53. The maximum Gasteiger partial charge on any atom is 0.287 e. The fourth-order valence-corrected chi connectivity index (χ4v) is 2.53. The number of aliphatic hydroxyl groups excluding tert-OH is 2. The summed E-state index contributed by atoms with van der Waals surface area (Å²) in [5, 5.41) is 27.8. The molecule has 27 heavy (non-hydrogen) atoms. The van der Waals surface area contributed by atoms with Gasteiger partial charge >= 0.3 is 0 Å². The van der Waals surface area contributed by atoms with E-state index in [0.717, 1.165) is 6.92 Å². The van der Waals surface area contributed by atoms with E-state index in [1.54, 1.807) is 6.07 Å². The van der Waals surface area contributed by atoms with Crippen LogP contribution in [-0.4, -0.2) is 63.0 Å². The molecule has 0 spiro atoms. The molecule has 1 aliphatic heterocycles. The van der Waals surface area contributed by atoms with E-state index >= 15 is 0 Å². The third-order valence-corrected chi connectivity index (χ3v) is 4.00. The van der Waals surface area contributed by atoms with Gasteiger partial charge in [0.2, 0.25) is 5.88 Å². The van der Waals surface area contributed by atoms with Crippen LogP contribution in [-0.2, 0) is 10.7 Å². The second-order valence-corrected chi connectivity index (χ2v) is 6.15. The second kappa shape index (κ2) is 8.07. The smallest absolute Gasteiger partial charge is 0.287 e. The van der Waals surface area contributed by atoms with Crippen molar-refractivity contribution < 1.29 is 33.2 Å². The monoisotopic (exact) mass is 383 g/mol. The van der Waals surface area contributed by atoms with Gasteiger partial charge in [-0.2, -0.15) is 19.0 Å². The molecular formula is C17H19F2N3O5. The van der Waals surface area contributed by atoms with Crippen molar-refractivity contribution in [2.75, 3.05) is 13.2 Å². The van der Waals surface area contributed by atoms with Crippen molar-refractivity contribution in [1.29, 1.82) is 0 Å². The van der Waals surface area contributed by atoms with Gasteiger partial charge in [0.25, 0.3) is 5.92 Å². The molecule has 0 radical (unpaired) electrons. The van der Waals surface area contributed by atoms with E-state index in [4.69, 9.17) is 14.2 Å². The third kappa shape index (κ3) is 4.85. The molecule has 1 fully saturated rings. The highest BCUT2D eigenvalue weighted by Gasteiger charge is 2.40. The molecule has 0 aromatic carbocycles. The number of hydrogen-bond acceptors (Lipinski definition) is 8. The van der Waals surface area contributed by atoms with Crippen molar-refractivity contribution in [3.8, 4) is 11.6 Å². The van der Waals surface area contributed by atoms with Gasteiger partial charge in [0.1, 0.15) is 36.4 Å². The Kier molecular flexibility index (Phi) is 5.78. The first kappa shape index (κ1) is 19.3. The van der Waals surface area contributed by atoms with E-state index in [1.807, 2.05) is 0 Å². The van der Waals surface area contributed by atoms with Gasteiger partial charge in [0, 0.05) is 19.1 Å². The normalized spacial score (nSPS) is 25.8. The number of aliphatic hydroxyl groups is 2. The summed E-state index contributed by atoms with van der Waals surface area (Å²) < 4.78 is 43.1. The molecule has 0 bridgehead atoms. The van der Waals surface area contributed by atoms with Crippen molar-refractivity contribution in [2.24, 2.45) is 0 Å². The summed E-state index contributed by atoms with van der Waals surface area (Å²) in [6.07, 6.45) is -1.52. The molecule has 0 amide bonds. The number of rotatable bonds is 6. The molecule has 3 heterocycles. The van der Waals surface area contributed by atoms with Crippen LogP contribution < -0.4 is 9.47 Å². The summed E-state index contributed by atoms with van der Waals surface area (Å²) >= 11 is 0. The van der Waals surface area contributed by atoms with Crippen LogP contribution in [0.2, 0.25) is 0 Å². The largest absolute Gasteiger partial charge is 0.489 e. The minimum Gasteiger partial charge on any atom is -0.489 e.